The van der Waals surface area contributed by atoms with Gasteiger partial charge in [0.1, 0.15) is 11.5 Å². The van der Waals surface area contributed by atoms with Crippen LogP contribution in [-0.4, -0.2) is 25.4 Å². The fourth-order valence-electron chi connectivity index (χ4n) is 3.27. The molecule has 3 heterocycles. The van der Waals surface area contributed by atoms with E-state index in [2.05, 4.69) is 39.7 Å². The lowest BCUT2D eigenvalue weighted by Gasteiger charge is -2.23. The number of rotatable bonds is 4. The van der Waals surface area contributed by atoms with Crippen LogP contribution in [0.3, 0.4) is 0 Å². The molecule has 1 aliphatic rings. The van der Waals surface area contributed by atoms with Gasteiger partial charge in [-0.2, -0.15) is 0 Å². The largest absolute Gasteiger partial charge is 0.366 e. The van der Waals surface area contributed by atoms with Crippen molar-refractivity contribution in [2.45, 2.75) is 57.9 Å². The molecule has 4 rings (SSSR count). The first kappa shape index (κ1) is 15.6. The number of hydrogen-bond donors (Lipinski definition) is 1. The number of imidazole rings is 1. The maximum atomic E-state index is 4.78. The monoisotopic (exact) mass is 341 g/mol. The molecule has 0 spiro atoms. The Labute approximate surface area is 146 Å². The highest BCUT2D eigenvalue weighted by Gasteiger charge is 2.16. The van der Waals surface area contributed by atoms with Crippen molar-refractivity contribution in [2.75, 3.05) is 5.32 Å². The molecule has 1 N–H and O–H groups in total. The average molecular weight is 341 g/mol. The van der Waals surface area contributed by atoms with Crippen molar-refractivity contribution in [3.63, 3.8) is 0 Å². The molecule has 24 heavy (non-hydrogen) atoms. The van der Waals surface area contributed by atoms with E-state index in [0.29, 0.717) is 12.0 Å². The number of nitrogens with one attached hydrogen (secondary N) is 1. The molecule has 0 amide bonds. The van der Waals surface area contributed by atoms with Crippen LogP contribution >= 0.6 is 11.3 Å². The normalized spacial score (nSPS) is 16.1. The van der Waals surface area contributed by atoms with E-state index in [1.807, 2.05) is 18.6 Å². The first-order chi connectivity index (χ1) is 11.7. The Balaban J connectivity index is 1.63. The van der Waals surface area contributed by atoms with Crippen molar-refractivity contribution in [1.82, 2.24) is 19.4 Å². The van der Waals surface area contributed by atoms with E-state index in [1.54, 1.807) is 11.3 Å². The Morgan fingerprint density at radius 1 is 1.17 bits per heavy atom. The van der Waals surface area contributed by atoms with E-state index in [9.17, 15) is 0 Å². The molecule has 0 saturated heterocycles. The van der Waals surface area contributed by atoms with Crippen LogP contribution < -0.4 is 5.32 Å². The smallest absolute Gasteiger partial charge is 0.194 e. The molecule has 3 aromatic rings. The Hall–Kier alpha value is -1.95. The lowest BCUT2D eigenvalue weighted by atomic mass is 9.95. The van der Waals surface area contributed by atoms with Gasteiger partial charge >= 0.3 is 0 Å². The van der Waals surface area contributed by atoms with Crippen molar-refractivity contribution < 1.29 is 0 Å². The third-order valence-corrected chi connectivity index (χ3v) is 5.95. The summed E-state index contributed by atoms with van der Waals surface area (Å²) in [6.07, 6.45) is 14.1. The summed E-state index contributed by atoms with van der Waals surface area (Å²) in [5.41, 5.74) is 1.88. The predicted octanol–water partition coefficient (Wildman–Crippen LogP) is 4.72. The Bertz CT molecular complexity index is 829. The van der Waals surface area contributed by atoms with Gasteiger partial charge in [-0.15, -0.1) is 11.3 Å². The van der Waals surface area contributed by atoms with E-state index in [4.69, 9.17) is 4.98 Å². The summed E-state index contributed by atoms with van der Waals surface area (Å²) in [7, 11) is 0. The van der Waals surface area contributed by atoms with Crippen LogP contribution in [-0.2, 0) is 0 Å². The molecule has 0 aromatic carbocycles. The van der Waals surface area contributed by atoms with Gasteiger partial charge in [-0.25, -0.2) is 9.97 Å². The van der Waals surface area contributed by atoms with Gasteiger partial charge in [0, 0.05) is 17.1 Å². The highest BCUT2D eigenvalue weighted by Crippen LogP contribution is 2.29. The number of aromatic nitrogens is 4. The summed E-state index contributed by atoms with van der Waals surface area (Å²) < 4.78 is 2.13. The molecule has 0 atom stereocenters. The highest BCUT2D eigenvalue weighted by atomic mass is 32.1. The highest BCUT2D eigenvalue weighted by molar-refractivity contribution is 7.17. The van der Waals surface area contributed by atoms with Crippen molar-refractivity contribution in [3.05, 3.63) is 29.7 Å². The molecule has 1 aliphatic carbocycles. The van der Waals surface area contributed by atoms with Crippen LogP contribution in [0.2, 0.25) is 0 Å². The topological polar surface area (TPSA) is 55.1 Å². The maximum absolute atomic E-state index is 4.78. The van der Waals surface area contributed by atoms with Crippen LogP contribution in [0.15, 0.2) is 24.8 Å². The van der Waals surface area contributed by atoms with E-state index in [1.165, 1.54) is 37.0 Å². The number of anilines is 1. The zero-order chi connectivity index (χ0) is 16.5. The Kier molecular flexibility index (Phi) is 4.22. The van der Waals surface area contributed by atoms with Crippen LogP contribution in [0.1, 0.15) is 56.7 Å². The van der Waals surface area contributed by atoms with Gasteiger partial charge in [0.05, 0.1) is 24.3 Å². The van der Waals surface area contributed by atoms with Crippen LogP contribution in [0, 0.1) is 0 Å². The fraction of sp³-hybridized carbons (Fsp3) is 0.500. The second kappa shape index (κ2) is 6.51. The zero-order valence-corrected chi connectivity index (χ0v) is 15.0. The molecular weight excluding hydrogens is 318 g/mol. The van der Waals surface area contributed by atoms with Crippen LogP contribution in [0.4, 0.5) is 5.82 Å². The molecule has 6 heteroatoms. The molecule has 126 valence electrons. The zero-order valence-electron chi connectivity index (χ0n) is 14.2. The molecule has 0 bridgehead atoms. The van der Waals surface area contributed by atoms with Crippen molar-refractivity contribution in [1.29, 1.82) is 0 Å². The van der Waals surface area contributed by atoms with E-state index in [-0.39, 0.29) is 0 Å². The number of fused-ring (bicyclic) bond motifs is 1. The lowest BCUT2D eigenvalue weighted by molar-refractivity contribution is 0.462. The van der Waals surface area contributed by atoms with Gasteiger partial charge in [0.2, 0.25) is 0 Å². The van der Waals surface area contributed by atoms with E-state index < -0.39 is 0 Å². The molecule has 5 nitrogen and oxygen atoms in total. The van der Waals surface area contributed by atoms with Gasteiger partial charge in [-0.05, 0) is 18.8 Å². The minimum Gasteiger partial charge on any atom is -0.366 e. The quantitative estimate of drug-likeness (QED) is 0.746. The molecule has 3 aromatic heterocycles. The third-order valence-electron chi connectivity index (χ3n) is 4.65. The van der Waals surface area contributed by atoms with Gasteiger partial charge < -0.3 is 5.32 Å². The minimum atomic E-state index is 0.509. The molecule has 0 unspecified atom stereocenters. The Morgan fingerprint density at radius 3 is 2.79 bits per heavy atom. The number of thiazole rings is 1. The standard InChI is InChI=1S/C18H23N5S/c1-12(2)16-11-23-15(9-20-18(23)24-16)14-8-19-10-17(22-14)21-13-6-4-3-5-7-13/h8-13H,3-7H2,1-2H3,(H,21,22). The van der Waals surface area contributed by atoms with E-state index >= 15 is 0 Å². The summed E-state index contributed by atoms with van der Waals surface area (Å²) in [4.78, 5) is 16.1. The minimum absolute atomic E-state index is 0.509. The number of hydrogen-bond acceptors (Lipinski definition) is 5. The van der Waals surface area contributed by atoms with Crippen LogP contribution in [0.5, 0.6) is 0 Å². The van der Waals surface area contributed by atoms with E-state index in [0.717, 1.165) is 22.2 Å². The fourth-order valence-corrected chi connectivity index (χ4v) is 4.23. The first-order valence-corrected chi connectivity index (χ1v) is 9.58. The first-order valence-electron chi connectivity index (χ1n) is 8.76. The summed E-state index contributed by atoms with van der Waals surface area (Å²) in [5, 5.41) is 3.55. The van der Waals surface area contributed by atoms with Gasteiger partial charge in [-0.3, -0.25) is 9.38 Å². The SMILES string of the molecule is CC(C)c1cn2c(-c3cncc(NC4CCCCC4)n3)cnc2s1. The number of nitrogens with zero attached hydrogens (tertiary/aromatic N) is 4. The van der Waals surface area contributed by atoms with Crippen molar-refractivity contribution >= 4 is 22.1 Å². The summed E-state index contributed by atoms with van der Waals surface area (Å²) in [6.45, 7) is 4.42. The average Bonchev–Trinajstić information content (AvgIpc) is 3.16. The van der Waals surface area contributed by atoms with Gasteiger partial charge in [0.15, 0.2) is 4.96 Å². The second-order valence-corrected chi connectivity index (χ2v) is 7.89. The maximum Gasteiger partial charge on any atom is 0.194 e. The summed E-state index contributed by atoms with van der Waals surface area (Å²) >= 11 is 1.74. The molecule has 1 saturated carbocycles. The second-order valence-electron chi connectivity index (χ2n) is 6.85. The van der Waals surface area contributed by atoms with Crippen molar-refractivity contribution in [3.8, 4) is 11.4 Å². The molecule has 0 radical (unpaired) electrons. The third kappa shape index (κ3) is 3.02. The molecular formula is C18H23N5S. The molecule has 0 aliphatic heterocycles. The predicted molar refractivity (Wildman–Crippen MR) is 98.7 cm³/mol. The van der Waals surface area contributed by atoms with Crippen LogP contribution in [0.25, 0.3) is 16.3 Å². The van der Waals surface area contributed by atoms with Gasteiger partial charge in [-0.1, -0.05) is 33.1 Å². The lowest BCUT2D eigenvalue weighted by Crippen LogP contribution is -2.22. The molecule has 1 fully saturated rings. The summed E-state index contributed by atoms with van der Waals surface area (Å²) in [6, 6.07) is 0.530. The Morgan fingerprint density at radius 2 is 2.00 bits per heavy atom. The van der Waals surface area contributed by atoms with Crippen molar-refractivity contribution in [2.24, 2.45) is 0 Å². The summed E-state index contributed by atoms with van der Waals surface area (Å²) in [5.74, 6) is 1.38. The van der Waals surface area contributed by atoms with Gasteiger partial charge in [0.25, 0.3) is 0 Å².